The Labute approximate surface area is 147 Å². The molecule has 5 nitrogen and oxygen atoms in total. The van der Waals surface area contributed by atoms with Crippen LogP contribution in [0.2, 0.25) is 0 Å². The molecule has 0 spiro atoms. The summed E-state index contributed by atoms with van der Waals surface area (Å²) in [5.74, 6) is 1.46. The third kappa shape index (κ3) is 4.76. The fraction of sp³-hybridized carbons (Fsp3) is 0.250. The van der Waals surface area contributed by atoms with Crippen LogP contribution < -0.4 is 14.2 Å². The van der Waals surface area contributed by atoms with Crippen LogP contribution in [0.25, 0.3) is 6.08 Å². The molecule has 0 heterocycles. The van der Waals surface area contributed by atoms with Gasteiger partial charge in [0.25, 0.3) is 0 Å². The van der Waals surface area contributed by atoms with Crippen LogP contribution in [-0.4, -0.2) is 33.9 Å². The Hall–Kier alpha value is -2.95. The predicted octanol–water partition coefficient (Wildman–Crippen LogP) is 3.89. The number of methoxy groups -OCH3 is 3. The van der Waals surface area contributed by atoms with E-state index in [4.69, 9.17) is 18.9 Å². The Morgan fingerprint density at radius 2 is 1.52 bits per heavy atom. The molecule has 0 atom stereocenters. The average Bonchev–Trinajstić information content (AvgIpc) is 2.64. The first-order chi connectivity index (χ1) is 12.1. The van der Waals surface area contributed by atoms with Gasteiger partial charge in [0.2, 0.25) is 0 Å². The molecule has 0 saturated carbocycles. The number of carbonyl (C=O) groups excluding carboxylic acids is 1. The number of carbonyl (C=O) groups is 1. The first kappa shape index (κ1) is 18.4. The highest BCUT2D eigenvalue weighted by Crippen LogP contribution is 2.35. The van der Waals surface area contributed by atoms with Crippen molar-refractivity contribution in [1.82, 2.24) is 0 Å². The van der Waals surface area contributed by atoms with E-state index >= 15 is 0 Å². The maximum Gasteiger partial charge on any atom is 0.338 e. The largest absolute Gasteiger partial charge is 0.496 e. The Balaban J connectivity index is 2.04. The van der Waals surface area contributed by atoms with Crippen molar-refractivity contribution >= 4 is 12.0 Å². The molecular weight excluding hydrogens is 320 g/mol. The molecule has 0 aliphatic heterocycles. The van der Waals surface area contributed by atoms with Crippen molar-refractivity contribution in [2.75, 3.05) is 27.9 Å². The smallest absolute Gasteiger partial charge is 0.338 e. The van der Waals surface area contributed by atoms with E-state index in [1.807, 2.05) is 25.1 Å². The second kappa shape index (κ2) is 8.78. The third-order valence-corrected chi connectivity index (χ3v) is 3.63. The molecule has 132 valence electrons. The van der Waals surface area contributed by atoms with Crippen molar-refractivity contribution in [3.8, 4) is 17.2 Å². The fourth-order valence-corrected chi connectivity index (χ4v) is 2.25. The minimum Gasteiger partial charge on any atom is -0.496 e. The summed E-state index contributed by atoms with van der Waals surface area (Å²) in [6.07, 6.45) is 3.55. The van der Waals surface area contributed by atoms with E-state index in [0.29, 0.717) is 22.8 Å². The third-order valence-electron chi connectivity index (χ3n) is 3.63. The average molecular weight is 342 g/mol. The molecule has 0 N–H and O–H groups in total. The number of benzene rings is 2. The van der Waals surface area contributed by atoms with Gasteiger partial charge < -0.3 is 18.9 Å². The lowest BCUT2D eigenvalue weighted by Crippen LogP contribution is -2.04. The van der Waals surface area contributed by atoms with E-state index in [9.17, 15) is 4.79 Å². The van der Waals surface area contributed by atoms with Crippen LogP contribution in [0.1, 0.15) is 21.5 Å². The van der Waals surface area contributed by atoms with Gasteiger partial charge >= 0.3 is 5.97 Å². The van der Waals surface area contributed by atoms with Crippen molar-refractivity contribution in [1.29, 1.82) is 0 Å². The van der Waals surface area contributed by atoms with Crippen LogP contribution in [-0.2, 0) is 4.74 Å². The maximum absolute atomic E-state index is 12.0. The Morgan fingerprint density at radius 1 is 0.920 bits per heavy atom. The van der Waals surface area contributed by atoms with Gasteiger partial charge in [-0.25, -0.2) is 4.79 Å². The second-order valence-corrected chi connectivity index (χ2v) is 5.32. The lowest BCUT2D eigenvalue weighted by molar-refractivity contribution is 0.0550. The molecule has 0 unspecified atom stereocenters. The van der Waals surface area contributed by atoms with Crippen LogP contribution in [0.4, 0.5) is 0 Å². The highest BCUT2D eigenvalue weighted by Gasteiger charge is 2.10. The number of hydrogen-bond donors (Lipinski definition) is 0. The Bertz CT molecular complexity index is 747. The quantitative estimate of drug-likeness (QED) is 0.715. The first-order valence-electron chi connectivity index (χ1n) is 7.79. The zero-order valence-electron chi connectivity index (χ0n) is 14.9. The molecule has 0 aliphatic carbocycles. The summed E-state index contributed by atoms with van der Waals surface area (Å²) in [4.78, 5) is 12.0. The van der Waals surface area contributed by atoms with E-state index in [2.05, 4.69) is 0 Å². The van der Waals surface area contributed by atoms with Gasteiger partial charge in [-0.1, -0.05) is 23.8 Å². The van der Waals surface area contributed by atoms with E-state index < -0.39 is 0 Å². The molecule has 0 aliphatic rings. The molecular formula is C20H22O5. The maximum atomic E-state index is 12.0. The zero-order chi connectivity index (χ0) is 18.2. The van der Waals surface area contributed by atoms with Gasteiger partial charge in [-0.2, -0.15) is 0 Å². The molecule has 5 heteroatoms. The summed E-state index contributed by atoms with van der Waals surface area (Å²) in [6.45, 7) is 2.12. The van der Waals surface area contributed by atoms with Gasteiger partial charge in [0.1, 0.15) is 12.4 Å². The summed E-state index contributed by atoms with van der Waals surface area (Å²) in [5.41, 5.74) is 2.42. The molecule has 0 bridgehead atoms. The monoisotopic (exact) mass is 342 g/mol. The number of esters is 1. The van der Waals surface area contributed by atoms with Gasteiger partial charge in [0.05, 0.1) is 26.9 Å². The van der Waals surface area contributed by atoms with E-state index in [1.54, 1.807) is 51.7 Å². The SMILES string of the molecule is COc1cc(OC)c(OC)cc1/C=C/COC(=O)c1ccc(C)cc1. The topological polar surface area (TPSA) is 54.0 Å². The van der Waals surface area contributed by atoms with Crippen LogP contribution >= 0.6 is 0 Å². The van der Waals surface area contributed by atoms with E-state index in [-0.39, 0.29) is 12.6 Å². The van der Waals surface area contributed by atoms with Gasteiger partial charge in [-0.15, -0.1) is 0 Å². The number of rotatable bonds is 7. The molecule has 0 radical (unpaired) electrons. The first-order valence-corrected chi connectivity index (χ1v) is 7.79. The Kier molecular flexibility index (Phi) is 6.46. The van der Waals surface area contributed by atoms with Crippen LogP contribution in [0.5, 0.6) is 17.2 Å². The number of hydrogen-bond acceptors (Lipinski definition) is 5. The summed E-state index contributed by atoms with van der Waals surface area (Å²) in [6, 6.07) is 10.8. The molecule has 0 fully saturated rings. The highest BCUT2D eigenvalue weighted by molar-refractivity contribution is 5.89. The minimum atomic E-state index is -0.357. The zero-order valence-corrected chi connectivity index (χ0v) is 14.9. The Morgan fingerprint density at radius 3 is 2.12 bits per heavy atom. The van der Waals surface area contributed by atoms with Crippen molar-refractivity contribution in [2.24, 2.45) is 0 Å². The van der Waals surface area contributed by atoms with Crippen LogP contribution in [0.15, 0.2) is 42.5 Å². The molecule has 0 saturated heterocycles. The summed E-state index contributed by atoms with van der Waals surface area (Å²) >= 11 is 0. The molecule has 0 amide bonds. The highest BCUT2D eigenvalue weighted by atomic mass is 16.5. The number of aryl methyl sites for hydroxylation is 1. The van der Waals surface area contributed by atoms with Crippen molar-refractivity contribution < 1.29 is 23.7 Å². The van der Waals surface area contributed by atoms with E-state index in [1.165, 1.54) is 0 Å². The molecule has 2 aromatic carbocycles. The predicted molar refractivity (Wildman–Crippen MR) is 96.6 cm³/mol. The molecule has 2 aromatic rings. The normalized spacial score (nSPS) is 10.6. The van der Waals surface area contributed by atoms with Gasteiger partial charge in [0.15, 0.2) is 11.5 Å². The van der Waals surface area contributed by atoms with Gasteiger partial charge in [-0.3, -0.25) is 0 Å². The molecule has 25 heavy (non-hydrogen) atoms. The van der Waals surface area contributed by atoms with E-state index in [0.717, 1.165) is 11.1 Å². The summed E-state index contributed by atoms with van der Waals surface area (Å²) in [7, 11) is 4.72. The standard InChI is InChI=1S/C20H22O5/c1-14-7-9-15(10-8-14)20(21)25-11-5-6-16-12-18(23-3)19(24-4)13-17(16)22-2/h5-10,12-13H,11H2,1-4H3/b6-5+. The van der Waals surface area contributed by atoms with Crippen molar-refractivity contribution in [2.45, 2.75) is 6.92 Å². The summed E-state index contributed by atoms with van der Waals surface area (Å²) in [5, 5.41) is 0. The lowest BCUT2D eigenvalue weighted by Gasteiger charge is -2.12. The van der Waals surface area contributed by atoms with Crippen LogP contribution in [0.3, 0.4) is 0 Å². The fourth-order valence-electron chi connectivity index (χ4n) is 2.25. The van der Waals surface area contributed by atoms with Gasteiger partial charge in [-0.05, 0) is 31.2 Å². The van der Waals surface area contributed by atoms with Crippen molar-refractivity contribution in [3.05, 3.63) is 59.2 Å². The second-order valence-electron chi connectivity index (χ2n) is 5.32. The molecule has 2 rings (SSSR count). The van der Waals surface area contributed by atoms with Crippen LogP contribution in [0, 0.1) is 6.92 Å². The number of ether oxygens (including phenoxy) is 4. The minimum absolute atomic E-state index is 0.157. The van der Waals surface area contributed by atoms with Gasteiger partial charge in [0, 0.05) is 11.6 Å². The summed E-state index contributed by atoms with van der Waals surface area (Å²) < 4.78 is 21.1. The lowest BCUT2D eigenvalue weighted by atomic mass is 10.1. The van der Waals surface area contributed by atoms with Crippen molar-refractivity contribution in [3.63, 3.8) is 0 Å². The molecule has 0 aromatic heterocycles.